The van der Waals surface area contributed by atoms with Crippen LogP contribution in [0.25, 0.3) is 32.8 Å². The Morgan fingerprint density at radius 2 is 1.83 bits per heavy atom. The van der Waals surface area contributed by atoms with Crippen LogP contribution in [0.1, 0.15) is 25.7 Å². The Morgan fingerprint density at radius 1 is 1.02 bits per heavy atom. The average Bonchev–Trinajstić information content (AvgIpc) is 3.43. The number of anilines is 1. The summed E-state index contributed by atoms with van der Waals surface area (Å²) >= 11 is 0. The molecule has 1 unspecified atom stereocenters. The van der Waals surface area contributed by atoms with Gasteiger partial charge in [0.2, 0.25) is 0 Å². The zero-order valence-electron chi connectivity index (χ0n) is 22.4. The van der Waals surface area contributed by atoms with Gasteiger partial charge in [-0.25, -0.2) is 13.2 Å². The van der Waals surface area contributed by atoms with Crippen LogP contribution in [-0.2, 0) is 0 Å². The zero-order chi connectivity index (χ0) is 27.9. The number of halogens is 3. The van der Waals surface area contributed by atoms with Crippen molar-refractivity contribution in [1.29, 1.82) is 0 Å². The second kappa shape index (κ2) is 8.93. The lowest BCUT2D eigenvalue weighted by molar-refractivity contribution is 0.00804. The van der Waals surface area contributed by atoms with E-state index in [0.717, 1.165) is 36.7 Å². The highest BCUT2D eigenvalue weighted by atomic mass is 19.3. The minimum atomic E-state index is -2.76. The van der Waals surface area contributed by atoms with Crippen LogP contribution in [0, 0.1) is 5.82 Å². The van der Waals surface area contributed by atoms with E-state index in [0.29, 0.717) is 47.4 Å². The molecule has 7 nitrogen and oxygen atoms in total. The molecule has 0 radical (unpaired) electrons. The predicted octanol–water partition coefficient (Wildman–Crippen LogP) is 5.10. The monoisotopic (exact) mass is 561 g/mol. The molecule has 0 saturated carbocycles. The Morgan fingerprint density at radius 3 is 2.66 bits per heavy atom. The number of rotatable bonds is 5. The van der Waals surface area contributed by atoms with Crippen molar-refractivity contribution in [1.82, 2.24) is 20.2 Å². The molecule has 2 bridgehead atoms. The minimum absolute atomic E-state index is 0.00651. The van der Waals surface area contributed by atoms with E-state index >= 15 is 4.39 Å². The van der Waals surface area contributed by atoms with Crippen molar-refractivity contribution in [3.63, 3.8) is 0 Å². The number of ether oxygens (including phenoxy) is 1. The molecule has 4 aromatic rings. The Hall–Kier alpha value is -3.63. The number of phenolic OH excluding ortho intramolecular Hbond substituents is 1. The maximum Gasteiger partial charge on any atom is 0.319 e. The molecule has 10 heteroatoms. The SMILES string of the molecule is Oc1cc(-c2ccc3c(N4C[C@H]5C[C@@H](C4)N5)nc(OCC45CCCN4CC(F)(F)C5)nc3c2F)c2ccccc2c1. The molecule has 5 saturated heterocycles. The summed E-state index contributed by atoms with van der Waals surface area (Å²) in [5, 5.41) is 16.1. The highest BCUT2D eigenvalue weighted by molar-refractivity contribution is 6.01. The van der Waals surface area contributed by atoms with Crippen molar-refractivity contribution < 1.29 is 23.0 Å². The lowest BCUT2D eigenvalue weighted by Crippen LogP contribution is -2.67. The average molecular weight is 562 g/mol. The van der Waals surface area contributed by atoms with E-state index in [1.165, 1.54) is 0 Å². The van der Waals surface area contributed by atoms with Crippen LogP contribution in [0.3, 0.4) is 0 Å². The first-order valence-corrected chi connectivity index (χ1v) is 14.3. The van der Waals surface area contributed by atoms with Crippen LogP contribution in [0.5, 0.6) is 11.8 Å². The van der Waals surface area contributed by atoms with Gasteiger partial charge in [0.05, 0.1) is 12.1 Å². The number of aromatic nitrogens is 2. The van der Waals surface area contributed by atoms with Gasteiger partial charge in [-0.1, -0.05) is 30.3 Å². The number of nitrogens with one attached hydrogen (secondary N) is 1. The molecule has 5 aliphatic heterocycles. The van der Waals surface area contributed by atoms with Crippen molar-refractivity contribution in [2.45, 2.75) is 49.2 Å². The van der Waals surface area contributed by atoms with Gasteiger partial charge in [-0.2, -0.15) is 9.97 Å². The summed E-state index contributed by atoms with van der Waals surface area (Å²) in [5.74, 6) is -2.67. The largest absolute Gasteiger partial charge is 0.508 e. The van der Waals surface area contributed by atoms with Crippen molar-refractivity contribution in [3.8, 4) is 22.9 Å². The molecule has 3 atom stereocenters. The summed E-state index contributed by atoms with van der Waals surface area (Å²) in [5.41, 5.74) is 0.207. The molecule has 3 aromatic carbocycles. The van der Waals surface area contributed by atoms with E-state index in [-0.39, 0.29) is 36.8 Å². The van der Waals surface area contributed by atoms with Crippen molar-refractivity contribution in [3.05, 3.63) is 54.3 Å². The number of nitrogens with zero attached hydrogens (tertiary/aromatic N) is 4. The highest BCUT2D eigenvalue weighted by Gasteiger charge is 2.57. The van der Waals surface area contributed by atoms with E-state index in [2.05, 4.69) is 15.2 Å². The summed E-state index contributed by atoms with van der Waals surface area (Å²) in [6.07, 6.45) is 2.29. The van der Waals surface area contributed by atoms with Gasteiger partial charge in [0.15, 0.2) is 5.82 Å². The lowest BCUT2D eigenvalue weighted by Gasteiger charge is -2.48. The third-order valence-electron chi connectivity index (χ3n) is 9.35. The van der Waals surface area contributed by atoms with E-state index in [1.807, 2.05) is 35.2 Å². The predicted molar refractivity (Wildman–Crippen MR) is 150 cm³/mol. The highest BCUT2D eigenvalue weighted by Crippen LogP contribution is 2.46. The van der Waals surface area contributed by atoms with E-state index < -0.39 is 17.3 Å². The second-order valence-corrected chi connectivity index (χ2v) is 12.1. The van der Waals surface area contributed by atoms with E-state index in [4.69, 9.17) is 9.72 Å². The van der Waals surface area contributed by atoms with Crippen molar-refractivity contribution in [2.24, 2.45) is 0 Å². The van der Waals surface area contributed by atoms with Crippen molar-refractivity contribution >= 4 is 27.5 Å². The summed E-state index contributed by atoms with van der Waals surface area (Å²) in [6.45, 7) is 1.83. The molecule has 0 aliphatic carbocycles. The third-order valence-corrected chi connectivity index (χ3v) is 9.35. The minimum Gasteiger partial charge on any atom is -0.508 e. The molecule has 2 N–H and O–H groups in total. The quantitative estimate of drug-likeness (QED) is 0.351. The van der Waals surface area contributed by atoms with Gasteiger partial charge in [-0.3, -0.25) is 4.90 Å². The van der Waals surface area contributed by atoms with Gasteiger partial charge in [0.25, 0.3) is 5.92 Å². The number of hydrogen-bond acceptors (Lipinski definition) is 7. The summed E-state index contributed by atoms with van der Waals surface area (Å²) < 4.78 is 51.4. The molecule has 0 spiro atoms. The van der Waals surface area contributed by atoms with Crippen LogP contribution < -0.4 is 15.0 Å². The summed E-state index contributed by atoms with van der Waals surface area (Å²) in [7, 11) is 0. The van der Waals surface area contributed by atoms with Crippen LogP contribution >= 0.6 is 0 Å². The number of alkyl halides is 2. The van der Waals surface area contributed by atoms with Crippen LogP contribution in [0.2, 0.25) is 0 Å². The maximum atomic E-state index is 16.5. The molecule has 0 amide bonds. The molecule has 5 fully saturated rings. The molecular formula is C31H30F3N5O2. The fourth-order valence-electron chi connectivity index (χ4n) is 7.51. The fourth-order valence-corrected chi connectivity index (χ4v) is 7.51. The number of aromatic hydroxyl groups is 1. The van der Waals surface area contributed by atoms with Crippen LogP contribution in [0.15, 0.2) is 48.5 Å². The van der Waals surface area contributed by atoms with Crippen LogP contribution in [0.4, 0.5) is 19.0 Å². The fraction of sp³-hybridized carbons (Fsp3) is 0.419. The zero-order valence-corrected chi connectivity index (χ0v) is 22.4. The molecule has 212 valence electrons. The number of benzene rings is 3. The van der Waals surface area contributed by atoms with E-state index in [1.54, 1.807) is 18.2 Å². The lowest BCUT2D eigenvalue weighted by atomic mass is 9.91. The first kappa shape index (κ1) is 25.1. The maximum absolute atomic E-state index is 16.5. The first-order valence-electron chi connectivity index (χ1n) is 14.3. The molecule has 5 aliphatic rings. The second-order valence-electron chi connectivity index (χ2n) is 12.1. The van der Waals surface area contributed by atoms with Gasteiger partial charge in [-0.05, 0) is 60.3 Å². The smallest absolute Gasteiger partial charge is 0.319 e. The Balaban J connectivity index is 1.24. The number of hydrogen-bond donors (Lipinski definition) is 2. The first-order chi connectivity index (χ1) is 19.8. The number of fused-ring (bicyclic) bond motifs is 5. The summed E-state index contributed by atoms with van der Waals surface area (Å²) in [4.78, 5) is 13.2. The number of piperidine rings is 1. The standard InChI is InChI=1S/C31H30F3N5O2/c32-26-23(25-12-21(40)10-18-4-1-2-5-22(18)25)6-7-24-27(26)36-29(37-28(24)38-13-19-11-20(14-38)35-19)41-17-30-8-3-9-39(30)16-31(33,34)15-30/h1-2,4-7,10,12,19-20,35,40H,3,8-9,11,13-17H2/t19-,20+,30?. The topological polar surface area (TPSA) is 73.8 Å². The Labute approximate surface area is 234 Å². The van der Waals surface area contributed by atoms with Gasteiger partial charge in [-0.15, -0.1) is 0 Å². The van der Waals surface area contributed by atoms with Gasteiger partial charge < -0.3 is 20.1 Å². The van der Waals surface area contributed by atoms with Crippen LogP contribution in [-0.4, -0.2) is 76.3 Å². The van der Waals surface area contributed by atoms with Gasteiger partial charge in [0.1, 0.15) is 23.7 Å². The van der Waals surface area contributed by atoms with Crippen molar-refractivity contribution in [2.75, 3.05) is 37.7 Å². The number of phenols is 1. The molecule has 6 heterocycles. The molecule has 41 heavy (non-hydrogen) atoms. The molecule has 9 rings (SSSR count). The van der Waals surface area contributed by atoms with Gasteiger partial charge in [0, 0.05) is 42.5 Å². The third kappa shape index (κ3) is 4.10. The van der Waals surface area contributed by atoms with E-state index in [9.17, 15) is 13.9 Å². The summed E-state index contributed by atoms with van der Waals surface area (Å²) in [6, 6.07) is 14.9. The molecule has 1 aromatic heterocycles. The molecular weight excluding hydrogens is 531 g/mol. The van der Waals surface area contributed by atoms with Gasteiger partial charge >= 0.3 is 6.01 Å². The number of piperazine rings is 1. The Bertz CT molecular complexity index is 1680. The normalized spacial score (nSPS) is 26.9. The Kier molecular flexibility index (Phi) is 5.47.